The molecule has 11 aromatic carbocycles. The van der Waals surface area contributed by atoms with Crippen LogP contribution in [0.1, 0.15) is 0 Å². The summed E-state index contributed by atoms with van der Waals surface area (Å²) >= 11 is 12.9. The van der Waals surface area contributed by atoms with Crippen molar-refractivity contribution in [3.8, 4) is 33.6 Å². The molecule has 2 aromatic heterocycles. The lowest BCUT2D eigenvalue weighted by atomic mass is 10.00. The topological polar surface area (TPSA) is 58.0 Å². The van der Waals surface area contributed by atoms with E-state index in [1.165, 1.54) is 0 Å². The zero-order valence-electron chi connectivity index (χ0n) is 39.9. The number of anilines is 8. The highest BCUT2D eigenvalue weighted by atomic mass is 35.5. The van der Waals surface area contributed by atoms with Gasteiger partial charge in [-0.1, -0.05) is 169 Å². The van der Waals surface area contributed by atoms with Gasteiger partial charge >= 0.3 is 0 Å². The number of hydrogen-bond donors (Lipinski definition) is 4. The van der Waals surface area contributed by atoms with Gasteiger partial charge < -0.3 is 30.4 Å². The summed E-state index contributed by atoms with van der Waals surface area (Å²) in [4.78, 5) is 0. The molecule has 0 aliphatic heterocycles. The number of benzene rings is 11. The van der Waals surface area contributed by atoms with Crippen molar-refractivity contribution >= 4 is 112 Å². The fourth-order valence-electron chi connectivity index (χ4n) is 10.4. The van der Waals surface area contributed by atoms with Crippen LogP contribution in [0.2, 0.25) is 10.0 Å². The first-order valence-electron chi connectivity index (χ1n) is 24.6. The Morgan fingerprint density at radius 3 is 0.973 bits per heavy atom. The van der Waals surface area contributed by atoms with Gasteiger partial charge in [0.25, 0.3) is 0 Å². The van der Waals surface area contributed by atoms with E-state index in [-0.39, 0.29) is 0 Å². The number of para-hydroxylation sites is 4. The lowest BCUT2D eigenvalue weighted by Crippen LogP contribution is -2.06. The summed E-state index contributed by atoms with van der Waals surface area (Å²) in [7, 11) is 0. The number of nitrogens with zero attached hydrogens (tertiary/aromatic N) is 2. The molecule has 2 heterocycles. The van der Waals surface area contributed by atoms with Crippen LogP contribution in [-0.2, 0) is 0 Å². The van der Waals surface area contributed by atoms with Gasteiger partial charge in [0.1, 0.15) is 0 Å². The van der Waals surface area contributed by atoms with Crippen LogP contribution in [0.15, 0.2) is 255 Å². The average molecular weight is 994 g/mol. The Balaban J connectivity index is 1.10. The van der Waals surface area contributed by atoms with Gasteiger partial charge in [0.15, 0.2) is 0 Å². The van der Waals surface area contributed by atoms with Crippen molar-refractivity contribution in [2.75, 3.05) is 21.3 Å². The van der Waals surface area contributed by atoms with Crippen molar-refractivity contribution < 1.29 is 0 Å². The van der Waals surface area contributed by atoms with E-state index in [9.17, 15) is 0 Å². The highest BCUT2D eigenvalue weighted by Crippen LogP contribution is 2.48. The van der Waals surface area contributed by atoms with E-state index >= 15 is 0 Å². The molecule has 0 saturated carbocycles. The van der Waals surface area contributed by atoms with Crippen LogP contribution in [0.5, 0.6) is 0 Å². The molecule has 0 atom stereocenters. The molecule has 4 N–H and O–H groups in total. The molecule has 0 radical (unpaired) electrons. The van der Waals surface area contributed by atoms with E-state index < -0.39 is 0 Å². The smallest absolute Gasteiger partial charge is 0.0874 e. The van der Waals surface area contributed by atoms with Gasteiger partial charge in [-0.3, -0.25) is 0 Å². The number of halogens is 2. The third kappa shape index (κ3) is 8.22. The first-order chi connectivity index (χ1) is 36.5. The normalized spacial score (nSPS) is 11.4. The van der Waals surface area contributed by atoms with Crippen LogP contribution in [0.25, 0.3) is 77.2 Å². The van der Waals surface area contributed by atoms with E-state index in [1.54, 1.807) is 0 Å². The molecule has 0 saturated heterocycles. The van der Waals surface area contributed by atoms with Gasteiger partial charge in [-0.2, -0.15) is 0 Å². The quantitative estimate of drug-likeness (QED) is 0.0985. The van der Waals surface area contributed by atoms with Crippen LogP contribution in [0.4, 0.5) is 45.5 Å². The number of hydrogen-bond acceptors (Lipinski definition) is 4. The SMILES string of the molecule is Clc1ccc(Nc2c(-c3ccccc3)ccc(-n3c4ccccc4c4cc5c(cc43)c3ccccc3n5-c3ccc(-c4ccccc4)c(Nc4ccc(Cl)cc4)c3Nc3ccccc3)c2Nc2ccccc2)cc1. The molecule has 13 aromatic rings. The minimum Gasteiger partial charge on any atom is -0.353 e. The molecule has 0 unspecified atom stereocenters. The highest BCUT2D eigenvalue weighted by Gasteiger charge is 2.25. The van der Waals surface area contributed by atoms with Gasteiger partial charge in [0.05, 0.1) is 56.2 Å². The highest BCUT2D eigenvalue weighted by molar-refractivity contribution is 6.31. The van der Waals surface area contributed by atoms with E-state index in [4.69, 9.17) is 23.2 Å². The van der Waals surface area contributed by atoms with E-state index in [1.807, 2.05) is 60.7 Å². The largest absolute Gasteiger partial charge is 0.353 e. The predicted octanol–water partition coefficient (Wildman–Crippen LogP) is 19.5. The van der Waals surface area contributed by atoms with Gasteiger partial charge in [0.2, 0.25) is 0 Å². The fraction of sp³-hybridized carbons (Fsp3) is 0. The second kappa shape index (κ2) is 19.1. The minimum atomic E-state index is 0.677. The Kier molecular flexibility index (Phi) is 11.5. The molecular weight excluding hydrogens is 948 g/mol. The Morgan fingerprint density at radius 1 is 0.257 bits per heavy atom. The van der Waals surface area contributed by atoms with Crippen LogP contribution >= 0.6 is 23.2 Å². The molecule has 0 bridgehead atoms. The van der Waals surface area contributed by atoms with Crippen molar-refractivity contribution in [3.05, 3.63) is 265 Å². The lowest BCUT2D eigenvalue weighted by Gasteiger charge is -2.23. The number of nitrogens with one attached hydrogen (secondary N) is 4. The molecule has 354 valence electrons. The Morgan fingerprint density at radius 2 is 0.581 bits per heavy atom. The predicted molar refractivity (Wildman–Crippen MR) is 315 cm³/mol. The monoisotopic (exact) mass is 992 g/mol. The van der Waals surface area contributed by atoms with Crippen molar-refractivity contribution in [1.29, 1.82) is 0 Å². The fourth-order valence-corrected chi connectivity index (χ4v) is 10.7. The second-order valence-corrected chi connectivity index (χ2v) is 19.2. The summed E-state index contributed by atoms with van der Waals surface area (Å²) in [6.45, 7) is 0. The van der Waals surface area contributed by atoms with Crippen LogP contribution in [-0.4, -0.2) is 9.13 Å². The van der Waals surface area contributed by atoms with E-state index in [2.05, 4.69) is 225 Å². The molecule has 8 heteroatoms. The van der Waals surface area contributed by atoms with E-state index in [0.29, 0.717) is 10.0 Å². The van der Waals surface area contributed by atoms with Crippen molar-refractivity contribution in [3.63, 3.8) is 0 Å². The summed E-state index contributed by atoms with van der Waals surface area (Å²) in [5.74, 6) is 0. The Labute approximate surface area is 438 Å². The maximum Gasteiger partial charge on any atom is 0.0874 e. The molecule has 6 nitrogen and oxygen atoms in total. The van der Waals surface area contributed by atoms with Gasteiger partial charge in [-0.05, 0) is 120 Å². The van der Waals surface area contributed by atoms with Gasteiger partial charge in [-0.25, -0.2) is 0 Å². The summed E-state index contributed by atoms with van der Waals surface area (Å²) in [5, 5.41) is 21.5. The number of aromatic nitrogens is 2. The molecule has 0 aliphatic rings. The van der Waals surface area contributed by atoms with Crippen molar-refractivity contribution in [1.82, 2.24) is 9.13 Å². The van der Waals surface area contributed by atoms with Crippen LogP contribution in [0.3, 0.4) is 0 Å². The van der Waals surface area contributed by atoms with Crippen LogP contribution < -0.4 is 21.3 Å². The molecule has 0 aliphatic carbocycles. The van der Waals surface area contributed by atoms with Crippen LogP contribution in [0, 0.1) is 0 Å². The van der Waals surface area contributed by atoms with Gasteiger partial charge in [-0.15, -0.1) is 0 Å². The first kappa shape index (κ1) is 44.7. The average Bonchev–Trinajstić information content (AvgIpc) is 3.95. The summed E-state index contributed by atoms with van der Waals surface area (Å²) in [6, 6.07) is 88.9. The summed E-state index contributed by atoms with van der Waals surface area (Å²) in [5.41, 5.74) is 18.1. The third-order valence-electron chi connectivity index (χ3n) is 13.8. The number of rotatable bonds is 12. The molecule has 0 spiro atoms. The maximum atomic E-state index is 6.45. The number of fused-ring (bicyclic) bond motifs is 6. The second-order valence-electron chi connectivity index (χ2n) is 18.3. The standard InChI is InChI=1S/C66H46Cl2N6/c67-45-29-33-49(34-30-45)69-63-51(43-17-5-1-6-18-43)37-39-59(65(63)71-47-21-9-3-10-22-47)73-57-27-15-13-25-53(57)55-42-62-56(41-61(55)73)54-26-14-16-28-58(54)74(62)60-40-38-52(44-19-7-2-8-20-44)64(70-50-35-31-46(68)32-36-50)66(60)72-48-23-11-4-12-24-48/h1-42,69-72H. The third-order valence-corrected chi connectivity index (χ3v) is 14.3. The summed E-state index contributed by atoms with van der Waals surface area (Å²) in [6.07, 6.45) is 0. The lowest BCUT2D eigenvalue weighted by molar-refractivity contribution is 1.17. The minimum absolute atomic E-state index is 0.677. The van der Waals surface area contributed by atoms with Crippen molar-refractivity contribution in [2.45, 2.75) is 0 Å². The zero-order valence-corrected chi connectivity index (χ0v) is 41.4. The van der Waals surface area contributed by atoms with E-state index in [0.717, 1.165) is 123 Å². The van der Waals surface area contributed by atoms with Gasteiger partial charge in [0, 0.05) is 65.5 Å². The molecule has 74 heavy (non-hydrogen) atoms. The Hall–Kier alpha value is -9.20. The maximum absolute atomic E-state index is 6.45. The molecule has 13 rings (SSSR count). The summed E-state index contributed by atoms with van der Waals surface area (Å²) < 4.78 is 4.85. The molecule has 0 fully saturated rings. The Bertz CT molecular complexity index is 3900. The molecular formula is C66H46Cl2N6. The zero-order chi connectivity index (χ0) is 49.5. The first-order valence-corrected chi connectivity index (χ1v) is 25.4. The van der Waals surface area contributed by atoms with Crippen molar-refractivity contribution in [2.24, 2.45) is 0 Å². The molecule has 0 amide bonds.